The molecule has 0 bridgehead atoms. The number of benzene rings is 2. The lowest BCUT2D eigenvalue weighted by atomic mass is 10.1. The molecule has 1 unspecified atom stereocenters. The molecule has 0 radical (unpaired) electrons. The molecule has 0 saturated carbocycles. The Bertz CT molecular complexity index is 959. The maximum absolute atomic E-state index is 13.6. The number of carbonyl (C=O) groups excluding carboxylic acids is 2. The van der Waals surface area contributed by atoms with Gasteiger partial charge in [-0.2, -0.15) is 0 Å². The second kappa shape index (κ2) is 7.63. The van der Waals surface area contributed by atoms with E-state index in [0.717, 1.165) is 6.07 Å². The summed E-state index contributed by atoms with van der Waals surface area (Å²) in [4.78, 5) is 24.1. The summed E-state index contributed by atoms with van der Waals surface area (Å²) in [6.45, 7) is 2.89. The number of nitrogens with one attached hydrogen (secondary N) is 1. The lowest BCUT2D eigenvalue weighted by Crippen LogP contribution is -2.30. The Morgan fingerprint density at radius 3 is 2.46 bits per heavy atom. The van der Waals surface area contributed by atoms with Gasteiger partial charge in [0.15, 0.2) is 6.10 Å². The van der Waals surface area contributed by atoms with Crippen LogP contribution in [0.2, 0.25) is 0 Å². The number of hydrogen-bond donors (Lipinski definition) is 2. The van der Waals surface area contributed by atoms with Crippen molar-refractivity contribution in [2.75, 3.05) is 5.32 Å². The molecule has 0 aliphatic carbocycles. The maximum atomic E-state index is 13.6. The predicted octanol–water partition coefficient (Wildman–Crippen LogP) is 1.97. The Morgan fingerprint density at radius 2 is 1.85 bits per heavy atom. The van der Waals surface area contributed by atoms with E-state index in [1.807, 2.05) is 0 Å². The fourth-order valence-electron chi connectivity index (χ4n) is 2.07. The zero-order valence-corrected chi connectivity index (χ0v) is 14.8. The lowest BCUT2D eigenvalue weighted by Gasteiger charge is -2.15. The minimum Gasteiger partial charge on any atom is -0.449 e. The minimum absolute atomic E-state index is 0.0398. The fraction of sp³-hybridized carbons (Fsp3) is 0.176. The van der Waals surface area contributed by atoms with Gasteiger partial charge in [0, 0.05) is 0 Å². The van der Waals surface area contributed by atoms with Crippen LogP contribution in [0.3, 0.4) is 0 Å². The van der Waals surface area contributed by atoms with Gasteiger partial charge in [0.2, 0.25) is 10.0 Å². The molecule has 26 heavy (non-hydrogen) atoms. The number of hydrogen-bond acceptors (Lipinski definition) is 5. The molecule has 0 spiro atoms. The van der Waals surface area contributed by atoms with Gasteiger partial charge < -0.3 is 10.1 Å². The Hall–Kier alpha value is -2.78. The number of amides is 1. The topological polar surface area (TPSA) is 116 Å². The van der Waals surface area contributed by atoms with Crippen LogP contribution < -0.4 is 10.5 Å². The highest BCUT2D eigenvalue weighted by Crippen LogP contribution is 2.17. The maximum Gasteiger partial charge on any atom is 0.339 e. The fourth-order valence-corrected chi connectivity index (χ4v) is 2.61. The molecule has 9 heteroatoms. The molecule has 1 atom stereocenters. The van der Waals surface area contributed by atoms with E-state index in [4.69, 9.17) is 9.88 Å². The highest BCUT2D eigenvalue weighted by Gasteiger charge is 2.22. The average molecular weight is 380 g/mol. The second-order valence-electron chi connectivity index (χ2n) is 5.54. The molecule has 0 fully saturated rings. The molecule has 0 saturated heterocycles. The van der Waals surface area contributed by atoms with E-state index in [1.54, 1.807) is 6.92 Å². The summed E-state index contributed by atoms with van der Waals surface area (Å²) in [7, 11) is -3.99. The molecule has 2 aromatic carbocycles. The zero-order valence-electron chi connectivity index (χ0n) is 14.0. The minimum atomic E-state index is -3.99. The van der Waals surface area contributed by atoms with Crippen LogP contribution in [0.25, 0.3) is 0 Å². The van der Waals surface area contributed by atoms with Crippen LogP contribution in [0.15, 0.2) is 47.4 Å². The predicted molar refractivity (Wildman–Crippen MR) is 92.5 cm³/mol. The Balaban J connectivity index is 2.14. The van der Waals surface area contributed by atoms with Gasteiger partial charge in [0.1, 0.15) is 5.82 Å². The molecular formula is C17H17FN2O5S. The third kappa shape index (κ3) is 4.64. The molecule has 0 heterocycles. The lowest BCUT2D eigenvalue weighted by molar-refractivity contribution is -0.123. The SMILES string of the molecule is Cc1ccc(S(N)(=O)=O)cc1C(=O)OC(C)C(=O)Nc1ccccc1F. The first-order chi connectivity index (χ1) is 12.1. The van der Waals surface area contributed by atoms with Crippen molar-refractivity contribution < 1.29 is 27.1 Å². The van der Waals surface area contributed by atoms with Crippen molar-refractivity contribution in [3.8, 4) is 0 Å². The summed E-state index contributed by atoms with van der Waals surface area (Å²) in [6, 6.07) is 9.29. The molecule has 1 amide bonds. The van der Waals surface area contributed by atoms with Gasteiger partial charge in [-0.3, -0.25) is 4.79 Å². The first-order valence-electron chi connectivity index (χ1n) is 7.49. The summed E-state index contributed by atoms with van der Waals surface area (Å²) >= 11 is 0. The number of para-hydroxylation sites is 1. The summed E-state index contributed by atoms with van der Waals surface area (Å²) in [6.07, 6.45) is -1.24. The standard InChI is InChI=1S/C17H17FN2O5S/c1-10-7-8-12(26(19,23)24)9-13(10)17(22)25-11(2)16(21)20-15-6-4-3-5-14(15)18/h3-9,11H,1-2H3,(H,20,21)(H2,19,23,24). The Morgan fingerprint density at radius 1 is 1.19 bits per heavy atom. The van der Waals surface area contributed by atoms with Crippen molar-refractivity contribution in [2.45, 2.75) is 24.8 Å². The number of halogens is 1. The van der Waals surface area contributed by atoms with Crippen molar-refractivity contribution in [3.05, 3.63) is 59.4 Å². The van der Waals surface area contributed by atoms with E-state index in [9.17, 15) is 22.4 Å². The van der Waals surface area contributed by atoms with Crippen LogP contribution in [0, 0.1) is 12.7 Å². The number of aryl methyl sites for hydroxylation is 1. The molecule has 2 aromatic rings. The number of carbonyl (C=O) groups is 2. The van der Waals surface area contributed by atoms with Gasteiger partial charge in [-0.15, -0.1) is 0 Å². The molecule has 3 N–H and O–H groups in total. The van der Waals surface area contributed by atoms with Gasteiger partial charge in [-0.25, -0.2) is 22.7 Å². The quantitative estimate of drug-likeness (QED) is 0.770. The first kappa shape index (κ1) is 19.5. The molecule has 0 aliphatic rings. The molecule has 2 rings (SSSR count). The van der Waals surface area contributed by atoms with Crippen LogP contribution >= 0.6 is 0 Å². The van der Waals surface area contributed by atoms with Crippen molar-refractivity contribution in [3.63, 3.8) is 0 Å². The van der Waals surface area contributed by atoms with Crippen LogP contribution in [0.4, 0.5) is 10.1 Å². The van der Waals surface area contributed by atoms with E-state index in [0.29, 0.717) is 5.56 Å². The van der Waals surface area contributed by atoms with Crippen LogP contribution in [0.5, 0.6) is 0 Å². The highest BCUT2D eigenvalue weighted by atomic mass is 32.2. The van der Waals surface area contributed by atoms with Gasteiger partial charge in [0.25, 0.3) is 5.91 Å². The summed E-state index contributed by atoms with van der Waals surface area (Å²) < 4.78 is 41.4. The van der Waals surface area contributed by atoms with Crippen LogP contribution in [-0.4, -0.2) is 26.4 Å². The van der Waals surface area contributed by atoms with Crippen molar-refractivity contribution >= 4 is 27.6 Å². The summed E-state index contributed by atoms with van der Waals surface area (Å²) in [5, 5.41) is 7.36. The van der Waals surface area contributed by atoms with Crippen LogP contribution in [-0.2, 0) is 19.6 Å². The van der Waals surface area contributed by atoms with E-state index >= 15 is 0 Å². The largest absolute Gasteiger partial charge is 0.449 e. The van der Waals surface area contributed by atoms with Gasteiger partial charge >= 0.3 is 5.97 Å². The monoisotopic (exact) mass is 380 g/mol. The van der Waals surface area contributed by atoms with Crippen molar-refractivity contribution in [2.24, 2.45) is 5.14 Å². The van der Waals surface area contributed by atoms with Gasteiger partial charge in [-0.1, -0.05) is 18.2 Å². The Labute approximate surface area is 150 Å². The molecular weight excluding hydrogens is 363 g/mol. The number of sulfonamides is 1. The van der Waals surface area contributed by atoms with Crippen LogP contribution in [0.1, 0.15) is 22.8 Å². The average Bonchev–Trinajstić information content (AvgIpc) is 2.56. The van der Waals surface area contributed by atoms with Crippen molar-refractivity contribution in [1.29, 1.82) is 0 Å². The zero-order chi connectivity index (χ0) is 19.5. The highest BCUT2D eigenvalue weighted by molar-refractivity contribution is 7.89. The number of esters is 1. The third-order valence-corrected chi connectivity index (χ3v) is 4.45. The van der Waals surface area contributed by atoms with Gasteiger partial charge in [0.05, 0.1) is 16.1 Å². The molecule has 0 aromatic heterocycles. The molecule has 0 aliphatic heterocycles. The number of anilines is 1. The van der Waals surface area contributed by atoms with E-state index in [1.165, 1.54) is 43.3 Å². The van der Waals surface area contributed by atoms with Gasteiger partial charge in [-0.05, 0) is 43.7 Å². The first-order valence-corrected chi connectivity index (χ1v) is 9.04. The molecule has 138 valence electrons. The molecule has 7 nitrogen and oxygen atoms in total. The smallest absolute Gasteiger partial charge is 0.339 e. The third-order valence-electron chi connectivity index (χ3n) is 3.54. The summed E-state index contributed by atoms with van der Waals surface area (Å²) in [5.74, 6) is -2.26. The number of ether oxygens (including phenoxy) is 1. The van der Waals surface area contributed by atoms with Crippen molar-refractivity contribution in [1.82, 2.24) is 0 Å². The van der Waals surface area contributed by atoms with E-state index in [2.05, 4.69) is 5.32 Å². The number of primary sulfonamides is 1. The summed E-state index contributed by atoms with van der Waals surface area (Å²) in [5.41, 5.74) is 0.360. The second-order valence-corrected chi connectivity index (χ2v) is 7.10. The normalized spacial score (nSPS) is 12.3. The Kier molecular flexibility index (Phi) is 5.73. The van der Waals surface area contributed by atoms with E-state index < -0.39 is 33.8 Å². The number of nitrogens with two attached hydrogens (primary N) is 1. The van der Waals surface area contributed by atoms with E-state index in [-0.39, 0.29) is 16.1 Å². The number of rotatable bonds is 5.